The topological polar surface area (TPSA) is 99.4 Å². The molecule has 78 valence electrons. The Morgan fingerprint density at radius 3 is 1.62 bits per heavy atom. The van der Waals surface area contributed by atoms with E-state index in [4.69, 9.17) is 19.7 Å². The number of hydrogen-bond donors (Lipinski definition) is 4. The van der Waals surface area contributed by atoms with Gasteiger partial charge in [0.2, 0.25) is 0 Å². The molecule has 0 aromatic carbocycles. The predicted octanol–water partition coefficient (Wildman–Crippen LogP) is -2.57. The van der Waals surface area contributed by atoms with Crippen molar-refractivity contribution in [2.45, 2.75) is 24.4 Å². The van der Waals surface area contributed by atoms with Gasteiger partial charge in [0.15, 0.2) is 0 Å². The van der Waals surface area contributed by atoms with Crippen LogP contribution in [0.5, 0.6) is 0 Å². The standard InChI is InChI=1S/C7H14O6/c8-1-4-6(10)7(11)5(2-9)13-3-12-4/h4-11H,1-3H2/t4-,5-,6-,7-/m0/s1. The fourth-order valence-corrected chi connectivity index (χ4v) is 1.17. The summed E-state index contributed by atoms with van der Waals surface area (Å²) in [5.41, 5.74) is 0. The summed E-state index contributed by atoms with van der Waals surface area (Å²) in [6.07, 6.45) is -4.23. The van der Waals surface area contributed by atoms with Gasteiger partial charge >= 0.3 is 0 Å². The molecule has 0 aliphatic carbocycles. The Hall–Kier alpha value is -0.240. The van der Waals surface area contributed by atoms with Gasteiger partial charge in [0, 0.05) is 0 Å². The average molecular weight is 194 g/mol. The summed E-state index contributed by atoms with van der Waals surface area (Å²) < 4.78 is 9.75. The normalized spacial score (nSPS) is 41.5. The van der Waals surface area contributed by atoms with E-state index in [1.54, 1.807) is 0 Å². The van der Waals surface area contributed by atoms with Crippen molar-refractivity contribution < 1.29 is 29.9 Å². The minimum Gasteiger partial charge on any atom is -0.394 e. The van der Waals surface area contributed by atoms with Crippen molar-refractivity contribution in [3.63, 3.8) is 0 Å². The van der Waals surface area contributed by atoms with Crippen molar-refractivity contribution in [2.24, 2.45) is 0 Å². The second-order valence-corrected chi connectivity index (χ2v) is 2.87. The van der Waals surface area contributed by atoms with Gasteiger partial charge < -0.3 is 29.9 Å². The number of aliphatic hydroxyl groups is 4. The second kappa shape index (κ2) is 4.85. The number of ether oxygens (including phenoxy) is 2. The first-order valence-corrected chi connectivity index (χ1v) is 4.01. The minimum absolute atomic E-state index is 0.162. The molecule has 0 spiro atoms. The molecule has 1 aliphatic rings. The van der Waals surface area contributed by atoms with Crippen LogP contribution < -0.4 is 0 Å². The summed E-state index contributed by atoms with van der Waals surface area (Å²) in [7, 11) is 0. The maximum absolute atomic E-state index is 9.39. The van der Waals surface area contributed by atoms with Crippen LogP contribution in [0.3, 0.4) is 0 Å². The van der Waals surface area contributed by atoms with Crippen LogP contribution in [-0.4, -0.2) is 64.8 Å². The molecule has 13 heavy (non-hydrogen) atoms. The molecule has 4 N–H and O–H groups in total. The van der Waals surface area contributed by atoms with Gasteiger partial charge in [-0.2, -0.15) is 0 Å². The van der Waals surface area contributed by atoms with Crippen LogP contribution >= 0.6 is 0 Å². The molecular weight excluding hydrogens is 180 g/mol. The molecule has 1 heterocycles. The van der Waals surface area contributed by atoms with Crippen molar-refractivity contribution in [1.82, 2.24) is 0 Å². The highest BCUT2D eigenvalue weighted by atomic mass is 16.7. The van der Waals surface area contributed by atoms with Crippen LogP contribution in [0.15, 0.2) is 0 Å². The second-order valence-electron chi connectivity index (χ2n) is 2.87. The van der Waals surface area contributed by atoms with Crippen LogP contribution in [-0.2, 0) is 9.47 Å². The zero-order valence-corrected chi connectivity index (χ0v) is 7.04. The molecule has 1 rings (SSSR count). The van der Waals surface area contributed by atoms with Gasteiger partial charge in [0.05, 0.1) is 13.2 Å². The summed E-state index contributed by atoms with van der Waals surface area (Å²) in [5.74, 6) is 0. The number of aliphatic hydroxyl groups excluding tert-OH is 4. The van der Waals surface area contributed by atoms with E-state index in [9.17, 15) is 10.2 Å². The zero-order valence-electron chi connectivity index (χ0n) is 7.04. The van der Waals surface area contributed by atoms with Gasteiger partial charge in [-0.3, -0.25) is 0 Å². The third-order valence-electron chi connectivity index (χ3n) is 2.04. The molecule has 6 heteroatoms. The van der Waals surface area contributed by atoms with E-state index in [0.717, 1.165) is 0 Å². The molecular formula is C7H14O6. The first-order chi connectivity index (χ1) is 6.20. The maximum atomic E-state index is 9.39. The number of hydrogen-bond acceptors (Lipinski definition) is 6. The highest BCUT2D eigenvalue weighted by Crippen LogP contribution is 2.14. The van der Waals surface area contributed by atoms with Gasteiger partial charge in [0.25, 0.3) is 0 Å². The lowest BCUT2D eigenvalue weighted by Crippen LogP contribution is -2.45. The lowest BCUT2D eigenvalue weighted by Gasteiger charge is -2.23. The largest absolute Gasteiger partial charge is 0.394 e. The van der Waals surface area contributed by atoms with Crippen molar-refractivity contribution in [2.75, 3.05) is 20.0 Å². The van der Waals surface area contributed by atoms with Crippen LogP contribution in [0, 0.1) is 0 Å². The first kappa shape index (κ1) is 10.8. The molecule has 0 aromatic rings. The first-order valence-electron chi connectivity index (χ1n) is 4.01. The monoisotopic (exact) mass is 194 g/mol. The van der Waals surface area contributed by atoms with Crippen molar-refractivity contribution in [1.29, 1.82) is 0 Å². The Bertz CT molecular complexity index is 136. The van der Waals surface area contributed by atoms with Crippen molar-refractivity contribution in [3.8, 4) is 0 Å². The summed E-state index contributed by atoms with van der Waals surface area (Å²) in [6, 6.07) is 0. The molecule has 6 nitrogen and oxygen atoms in total. The van der Waals surface area contributed by atoms with Crippen LogP contribution in [0.25, 0.3) is 0 Å². The molecule has 4 atom stereocenters. The van der Waals surface area contributed by atoms with Gasteiger partial charge in [-0.25, -0.2) is 0 Å². The lowest BCUT2D eigenvalue weighted by molar-refractivity contribution is -0.123. The molecule has 1 saturated heterocycles. The molecule has 0 radical (unpaired) electrons. The zero-order chi connectivity index (χ0) is 9.84. The summed E-state index contributed by atoms with van der Waals surface area (Å²) >= 11 is 0. The third-order valence-corrected chi connectivity index (χ3v) is 2.04. The van der Waals surface area contributed by atoms with Gasteiger partial charge in [-0.1, -0.05) is 0 Å². The van der Waals surface area contributed by atoms with Crippen LogP contribution in [0.1, 0.15) is 0 Å². The maximum Gasteiger partial charge on any atom is 0.147 e. The third kappa shape index (κ3) is 2.37. The molecule has 1 fully saturated rings. The molecule has 0 saturated carbocycles. The molecule has 1 aliphatic heterocycles. The average Bonchev–Trinajstić information content (AvgIpc) is 2.28. The van der Waals surface area contributed by atoms with Gasteiger partial charge in [-0.15, -0.1) is 0 Å². The predicted molar refractivity (Wildman–Crippen MR) is 40.8 cm³/mol. The Kier molecular flexibility index (Phi) is 4.04. The summed E-state index contributed by atoms with van der Waals surface area (Å²) in [6.45, 7) is -0.968. The number of rotatable bonds is 2. The smallest absolute Gasteiger partial charge is 0.147 e. The molecule has 0 unspecified atom stereocenters. The summed E-state index contributed by atoms with van der Waals surface area (Å²) in [4.78, 5) is 0. The van der Waals surface area contributed by atoms with E-state index in [-0.39, 0.29) is 6.79 Å². The summed E-state index contributed by atoms with van der Waals surface area (Å²) in [5, 5.41) is 36.3. The van der Waals surface area contributed by atoms with E-state index in [2.05, 4.69) is 0 Å². The lowest BCUT2D eigenvalue weighted by atomic mass is 10.0. The SMILES string of the molecule is OC[C@@H]1OCO[C@@H](CO)[C@H](O)[C@H]1O. The molecule has 0 bridgehead atoms. The van der Waals surface area contributed by atoms with Gasteiger partial charge in [-0.05, 0) is 0 Å². The van der Waals surface area contributed by atoms with Crippen molar-refractivity contribution >= 4 is 0 Å². The van der Waals surface area contributed by atoms with E-state index < -0.39 is 37.6 Å². The highest BCUT2D eigenvalue weighted by molar-refractivity contribution is 4.83. The Morgan fingerprint density at radius 1 is 0.923 bits per heavy atom. The van der Waals surface area contributed by atoms with Crippen LogP contribution in [0.4, 0.5) is 0 Å². The quantitative estimate of drug-likeness (QED) is 0.386. The van der Waals surface area contributed by atoms with Crippen molar-refractivity contribution in [3.05, 3.63) is 0 Å². The highest BCUT2D eigenvalue weighted by Gasteiger charge is 2.35. The van der Waals surface area contributed by atoms with E-state index in [0.29, 0.717) is 0 Å². The Balaban J connectivity index is 2.61. The van der Waals surface area contributed by atoms with E-state index in [1.807, 2.05) is 0 Å². The fraction of sp³-hybridized carbons (Fsp3) is 1.00. The molecule has 0 aromatic heterocycles. The Labute approximate surface area is 75.3 Å². The van der Waals surface area contributed by atoms with E-state index in [1.165, 1.54) is 0 Å². The van der Waals surface area contributed by atoms with Crippen LogP contribution in [0.2, 0.25) is 0 Å². The fourth-order valence-electron chi connectivity index (χ4n) is 1.17. The van der Waals surface area contributed by atoms with Gasteiger partial charge in [0.1, 0.15) is 31.2 Å². The van der Waals surface area contributed by atoms with E-state index >= 15 is 0 Å². The Morgan fingerprint density at radius 2 is 1.31 bits per heavy atom. The minimum atomic E-state index is -1.25. The molecule has 0 amide bonds.